The molecule has 0 unspecified atom stereocenters. The number of halogens is 1. The molecular weight excluding hydrogens is 210 g/mol. The van der Waals surface area contributed by atoms with Crippen LogP contribution >= 0.6 is 11.6 Å². The number of ether oxygens (including phenoxy) is 1. The van der Waals surface area contributed by atoms with E-state index in [-0.39, 0.29) is 0 Å². The van der Waals surface area contributed by atoms with Crippen molar-refractivity contribution in [3.8, 4) is 5.75 Å². The van der Waals surface area contributed by atoms with E-state index in [1.807, 2.05) is 0 Å². The Bertz CT molecular complexity index is 327. The molecule has 0 aromatic heterocycles. The summed E-state index contributed by atoms with van der Waals surface area (Å²) in [5.41, 5.74) is 2.67. The maximum atomic E-state index is 5.60. The maximum absolute atomic E-state index is 5.60. The van der Waals surface area contributed by atoms with Crippen LogP contribution in [0.25, 0.3) is 0 Å². The van der Waals surface area contributed by atoms with E-state index in [1.54, 1.807) is 0 Å². The monoisotopic (exact) mass is 225 g/mol. The van der Waals surface area contributed by atoms with Crippen LogP contribution in [0.4, 0.5) is 0 Å². The molecule has 15 heavy (non-hydrogen) atoms. The number of nitrogens with one attached hydrogen (secondary N) is 1. The van der Waals surface area contributed by atoms with Crippen LogP contribution in [-0.2, 0) is 13.0 Å². The van der Waals surface area contributed by atoms with E-state index in [4.69, 9.17) is 16.3 Å². The van der Waals surface area contributed by atoms with Crippen molar-refractivity contribution in [1.82, 2.24) is 5.32 Å². The Morgan fingerprint density at radius 2 is 2.33 bits per heavy atom. The quantitative estimate of drug-likeness (QED) is 0.614. The van der Waals surface area contributed by atoms with Gasteiger partial charge >= 0.3 is 0 Å². The van der Waals surface area contributed by atoms with E-state index in [0.29, 0.717) is 0 Å². The van der Waals surface area contributed by atoms with Crippen LogP contribution in [0.1, 0.15) is 17.5 Å². The molecule has 1 aliphatic heterocycles. The molecule has 0 radical (unpaired) electrons. The molecule has 82 valence electrons. The van der Waals surface area contributed by atoms with E-state index >= 15 is 0 Å². The van der Waals surface area contributed by atoms with Crippen LogP contribution in [0, 0.1) is 0 Å². The number of alkyl halides is 1. The van der Waals surface area contributed by atoms with Crippen molar-refractivity contribution in [3.05, 3.63) is 29.3 Å². The Morgan fingerprint density at radius 3 is 3.20 bits per heavy atom. The van der Waals surface area contributed by atoms with E-state index in [9.17, 15) is 0 Å². The molecule has 2 rings (SSSR count). The fraction of sp³-hybridized carbons (Fsp3) is 0.500. The molecule has 0 atom stereocenters. The Balaban J connectivity index is 1.87. The normalized spacial score (nSPS) is 13.7. The summed E-state index contributed by atoms with van der Waals surface area (Å²) in [5, 5.41) is 3.37. The predicted molar refractivity (Wildman–Crippen MR) is 62.7 cm³/mol. The zero-order chi connectivity index (χ0) is 10.5. The number of rotatable bonds is 5. The van der Waals surface area contributed by atoms with Gasteiger partial charge in [0.1, 0.15) is 5.75 Å². The fourth-order valence-corrected chi connectivity index (χ4v) is 1.91. The zero-order valence-electron chi connectivity index (χ0n) is 8.76. The molecule has 0 saturated carbocycles. The number of benzene rings is 1. The molecule has 1 N–H and O–H groups in total. The van der Waals surface area contributed by atoms with Gasteiger partial charge in [-0.2, -0.15) is 0 Å². The molecule has 1 aromatic rings. The summed E-state index contributed by atoms with van der Waals surface area (Å²) in [7, 11) is 0. The van der Waals surface area contributed by atoms with Gasteiger partial charge in [0, 0.05) is 18.8 Å². The number of fused-ring (bicyclic) bond motifs is 1. The van der Waals surface area contributed by atoms with Gasteiger partial charge in [0.25, 0.3) is 0 Å². The lowest BCUT2D eigenvalue weighted by atomic mass is 10.1. The summed E-state index contributed by atoms with van der Waals surface area (Å²) in [4.78, 5) is 0. The van der Waals surface area contributed by atoms with Crippen molar-refractivity contribution < 1.29 is 4.74 Å². The standard InChI is InChI=1S/C12H16ClNO/c13-5-1-6-14-9-10-2-3-12-11(8-10)4-7-15-12/h2-3,8,14H,1,4-7,9H2. The lowest BCUT2D eigenvalue weighted by molar-refractivity contribution is 0.357. The summed E-state index contributed by atoms with van der Waals surface area (Å²) < 4.78 is 5.46. The molecule has 1 aliphatic rings. The van der Waals surface area contributed by atoms with Crippen molar-refractivity contribution in [1.29, 1.82) is 0 Å². The molecular formula is C12H16ClNO. The van der Waals surface area contributed by atoms with Gasteiger partial charge < -0.3 is 10.1 Å². The van der Waals surface area contributed by atoms with Gasteiger partial charge in [0.2, 0.25) is 0 Å². The molecule has 0 bridgehead atoms. The second kappa shape index (κ2) is 5.38. The minimum atomic E-state index is 0.727. The first-order valence-electron chi connectivity index (χ1n) is 5.41. The highest BCUT2D eigenvalue weighted by Crippen LogP contribution is 2.25. The number of hydrogen-bond donors (Lipinski definition) is 1. The summed E-state index contributed by atoms with van der Waals surface area (Å²) >= 11 is 5.60. The molecule has 0 fully saturated rings. The fourth-order valence-electron chi connectivity index (χ4n) is 1.77. The zero-order valence-corrected chi connectivity index (χ0v) is 9.52. The van der Waals surface area contributed by atoms with E-state index in [0.717, 1.165) is 44.2 Å². The molecule has 0 spiro atoms. The Hall–Kier alpha value is -0.730. The largest absolute Gasteiger partial charge is 0.493 e. The lowest BCUT2D eigenvalue weighted by Crippen LogP contribution is -2.14. The first kappa shape index (κ1) is 10.8. The van der Waals surface area contributed by atoms with Crippen LogP contribution in [0.2, 0.25) is 0 Å². The van der Waals surface area contributed by atoms with Crippen LogP contribution in [0.5, 0.6) is 5.75 Å². The van der Waals surface area contributed by atoms with Gasteiger partial charge in [-0.1, -0.05) is 12.1 Å². The third-order valence-corrected chi connectivity index (χ3v) is 2.84. The highest BCUT2D eigenvalue weighted by atomic mass is 35.5. The van der Waals surface area contributed by atoms with Crippen LogP contribution in [0.15, 0.2) is 18.2 Å². The minimum absolute atomic E-state index is 0.727. The highest BCUT2D eigenvalue weighted by molar-refractivity contribution is 6.17. The van der Waals surface area contributed by atoms with Crippen LogP contribution in [-0.4, -0.2) is 19.0 Å². The van der Waals surface area contributed by atoms with Gasteiger partial charge in [-0.15, -0.1) is 11.6 Å². The predicted octanol–water partition coefficient (Wildman–Crippen LogP) is 2.34. The minimum Gasteiger partial charge on any atom is -0.493 e. The topological polar surface area (TPSA) is 21.3 Å². The van der Waals surface area contributed by atoms with Crippen LogP contribution in [0.3, 0.4) is 0 Å². The molecule has 1 heterocycles. The molecule has 1 aromatic carbocycles. The van der Waals surface area contributed by atoms with E-state index in [1.165, 1.54) is 11.1 Å². The smallest absolute Gasteiger partial charge is 0.122 e. The molecule has 0 saturated heterocycles. The average Bonchev–Trinajstić information content (AvgIpc) is 2.71. The summed E-state index contributed by atoms with van der Waals surface area (Å²) in [5.74, 6) is 1.78. The molecule has 0 aliphatic carbocycles. The van der Waals surface area contributed by atoms with Crippen molar-refractivity contribution >= 4 is 11.6 Å². The van der Waals surface area contributed by atoms with E-state index in [2.05, 4.69) is 23.5 Å². The SMILES string of the molecule is ClCCCNCc1ccc2c(c1)CCO2. The second-order valence-electron chi connectivity index (χ2n) is 3.76. The van der Waals surface area contributed by atoms with Gasteiger partial charge in [0.05, 0.1) is 6.61 Å². The first-order chi connectivity index (χ1) is 7.40. The van der Waals surface area contributed by atoms with Crippen LogP contribution < -0.4 is 10.1 Å². The Kier molecular flexibility index (Phi) is 3.87. The van der Waals surface area contributed by atoms with Gasteiger partial charge in [-0.05, 0) is 30.2 Å². The van der Waals surface area contributed by atoms with Crippen molar-refractivity contribution in [2.75, 3.05) is 19.0 Å². The molecule has 3 heteroatoms. The van der Waals surface area contributed by atoms with Gasteiger partial charge in [0.15, 0.2) is 0 Å². The van der Waals surface area contributed by atoms with Gasteiger partial charge in [-0.25, -0.2) is 0 Å². The summed E-state index contributed by atoms with van der Waals surface area (Å²) in [6.45, 7) is 2.74. The van der Waals surface area contributed by atoms with E-state index < -0.39 is 0 Å². The van der Waals surface area contributed by atoms with Gasteiger partial charge in [-0.3, -0.25) is 0 Å². The third kappa shape index (κ3) is 2.86. The lowest BCUT2D eigenvalue weighted by Gasteiger charge is -2.05. The molecule has 0 amide bonds. The molecule has 2 nitrogen and oxygen atoms in total. The second-order valence-corrected chi connectivity index (χ2v) is 4.14. The Labute approximate surface area is 95.6 Å². The highest BCUT2D eigenvalue weighted by Gasteiger charge is 2.11. The maximum Gasteiger partial charge on any atom is 0.122 e. The van der Waals surface area contributed by atoms with Crippen molar-refractivity contribution in [2.24, 2.45) is 0 Å². The number of hydrogen-bond acceptors (Lipinski definition) is 2. The first-order valence-corrected chi connectivity index (χ1v) is 5.95. The summed E-state index contributed by atoms with van der Waals surface area (Å²) in [6, 6.07) is 6.43. The Morgan fingerprint density at radius 1 is 1.40 bits per heavy atom. The third-order valence-electron chi connectivity index (χ3n) is 2.57. The summed E-state index contributed by atoms with van der Waals surface area (Å²) in [6.07, 6.45) is 2.07. The van der Waals surface area contributed by atoms with Crippen molar-refractivity contribution in [2.45, 2.75) is 19.4 Å². The van der Waals surface area contributed by atoms with Crippen molar-refractivity contribution in [3.63, 3.8) is 0 Å². The average molecular weight is 226 g/mol.